The molecule has 0 radical (unpaired) electrons. The van der Waals surface area contributed by atoms with Gasteiger partial charge in [0.25, 0.3) is 0 Å². The van der Waals surface area contributed by atoms with Crippen LogP contribution in [-0.2, 0) is 11.3 Å². The van der Waals surface area contributed by atoms with Gasteiger partial charge in [0.2, 0.25) is 5.91 Å². The van der Waals surface area contributed by atoms with E-state index >= 15 is 0 Å². The Bertz CT molecular complexity index is 376. The van der Waals surface area contributed by atoms with E-state index in [2.05, 4.69) is 32.2 Å². The number of nitrogens with two attached hydrogens (primary N) is 1. The van der Waals surface area contributed by atoms with Crippen molar-refractivity contribution in [1.82, 2.24) is 4.90 Å². The molecule has 3 nitrogen and oxygen atoms in total. The molecule has 1 rings (SSSR count). The molecule has 1 heterocycles. The van der Waals surface area contributed by atoms with Gasteiger partial charge in [-0.2, -0.15) is 0 Å². The summed E-state index contributed by atoms with van der Waals surface area (Å²) in [6, 6.07) is 4.38. The third-order valence-corrected chi connectivity index (χ3v) is 4.63. The fraction of sp³-hybridized carbons (Fsp3) is 0.688. The highest BCUT2D eigenvalue weighted by molar-refractivity contribution is 7.09. The van der Waals surface area contributed by atoms with E-state index in [4.69, 9.17) is 5.73 Å². The van der Waals surface area contributed by atoms with Crippen molar-refractivity contribution in [3.8, 4) is 0 Å². The molecule has 20 heavy (non-hydrogen) atoms. The second-order valence-corrected chi connectivity index (χ2v) is 6.62. The van der Waals surface area contributed by atoms with Gasteiger partial charge in [0.15, 0.2) is 0 Å². The predicted octanol–water partition coefficient (Wildman–Crippen LogP) is 3.64. The van der Waals surface area contributed by atoms with Crippen molar-refractivity contribution in [2.45, 2.75) is 59.0 Å². The summed E-state index contributed by atoms with van der Waals surface area (Å²) in [5.74, 6) is 0.851. The molecule has 0 aliphatic carbocycles. The van der Waals surface area contributed by atoms with Gasteiger partial charge in [0.1, 0.15) is 0 Å². The van der Waals surface area contributed by atoms with Crippen molar-refractivity contribution >= 4 is 17.2 Å². The van der Waals surface area contributed by atoms with Gasteiger partial charge in [-0.15, -0.1) is 11.3 Å². The lowest BCUT2D eigenvalue weighted by molar-refractivity contribution is -0.133. The number of amides is 1. The first-order valence-electron chi connectivity index (χ1n) is 7.60. The number of carbonyl (C=O) groups is 1. The molecule has 0 aliphatic heterocycles. The highest BCUT2D eigenvalue weighted by Gasteiger charge is 2.18. The molecule has 0 aromatic carbocycles. The summed E-state index contributed by atoms with van der Waals surface area (Å²) < 4.78 is 0. The molecule has 2 N–H and O–H groups in total. The van der Waals surface area contributed by atoms with E-state index < -0.39 is 0 Å². The summed E-state index contributed by atoms with van der Waals surface area (Å²) in [5, 5.41) is 2.06. The van der Waals surface area contributed by atoms with Crippen molar-refractivity contribution in [1.29, 1.82) is 0 Å². The van der Waals surface area contributed by atoms with Crippen molar-refractivity contribution in [3.63, 3.8) is 0 Å². The molecule has 1 aromatic rings. The van der Waals surface area contributed by atoms with Gasteiger partial charge in [-0.25, -0.2) is 0 Å². The number of nitrogens with zero attached hydrogens (tertiary/aromatic N) is 1. The number of rotatable bonds is 9. The summed E-state index contributed by atoms with van der Waals surface area (Å²) >= 11 is 1.71. The van der Waals surface area contributed by atoms with E-state index in [9.17, 15) is 4.79 Å². The molecule has 1 aromatic heterocycles. The maximum absolute atomic E-state index is 12.4. The maximum atomic E-state index is 12.4. The first-order chi connectivity index (χ1) is 9.58. The van der Waals surface area contributed by atoms with Crippen molar-refractivity contribution in [3.05, 3.63) is 22.4 Å². The first kappa shape index (κ1) is 17.2. The highest BCUT2D eigenvalue weighted by Crippen LogP contribution is 2.19. The Balaban J connectivity index is 2.52. The van der Waals surface area contributed by atoms with Crippen molar-refractivity contribution < 1.29 is 4.79 Å². The Kier molecular flexibility index (Phi) is 7.85. The predicted molar refractivity (Wildman–Crippen MR) is 86.7 cm³/mol. The average Bonchev–Trinajstić information content (AvgIpc) is 2.93. The zero-order valence-corrected chi connectivity index (χ0v) is 13.8. The van der Waals surface area contributed by atoms with Crippen LogP contribution in [0, 0.1) is 5.92 Å². The SMILES string of the molecule is CCC(CCN)CCC(=O)N(Cc1cccs1)C(C)C. The molecule has 0 bridgehead atoms. The van der Waals surface area contributed by atoms with Crippen LogP contribution >= 0.6 is 11.3 Å². The van der Waals surface area contributed by atoms with Gasteiger partial charge in [0.05, 0.1) is 6.54 Å². The molecular formula is C16H28N2OS. The zero-order valence-electron chi connectivity index (χ0n) is 13.0. The van der Waals surface area contributed by atoms with Crippen molar-refractivity contribution in [2.24, 2.45) is 11.7 Å². The van der Waals surface area contributed by atoms with E-state index in [-0.39, 0.29) is 11.9 Å². The van der Waals surface area contributed by atoms with E-state index in [1.54, 1.807) is 11.3 Å². The van der Waals surface area contributed by atoms with Gasteiger partial charge < -0.3 is 10.6 Å². The summed E-state index contributed by atoms with van der Waals surface area (Å²) in [4.78, 5) is 15.7. The molecule has 114 valence electrons. The minimum Gasteiger partial charge on any atom is -0.335 e. The van der Waals surface area contributed by atoms with Gasteiger partial charge in [-0.1, -0.05) is 19.4 Å². The Morgan fingerprint density at radius 2 is 2.15 bits per heavy atom. The van der Waals surface area contributed by atoms with E-state index in [0.29, 0.717) is 12.3 Å². The quantitative estimate of drug-likeness (QED) is 0.756. The van der Waals surface area contributed by atoms with E-state index in [1.807, 2.05) is 11.0 Å². The molecule has 0 saturated carbocycles. The fourth-order valence-electron chi connectivity index (χ4n) is 2.39. The van der Waals surface area contributed by atoms with Crippen LogP contribution in [0.1, 0.15) is 51.3 Å². The largest absolute Gasteiger partial charge is 0.335 e. The molecule has 1 amide bonds. The average molecular weight is 296 g/mol. The van der Waals surface area contributed by atoms with Crippen LogP contribution in [0.3, 0.4) is 0 Å². The van der Waals surface area contributed by atoms with Crippen LogP contribution in [-0.4, -0.2) is 23.4 Å². The summed E-state index contributed by atoms with van der Waals surface area (Å²) in [7, 11) is 0. The Labute approximate surface area is 127 Å². The second kappa shape index (κ2) is 9.14. The standard InChI is InChI=1S/C16H28N2OS/c1-4-14(9-10-17)7-8-16(19)18(13(2)3)12-15-6-5-11-20-15/h5-6,11,13-14H,4,7-10,12,17H2,1-3H3. The minimum atomic E-state index is 0.249. The zero-order chi connectivity index (χ0) is 15.0. The molecular weight excluding hydrogens is 268 g/mol. The monoisotopic (exact) mass is 296 g/mol. The Hall–Kier alpha value is -0.870. The Morgan fingerprint density at radius 3 is 2.65 bits per heavy atom. The summed E-state index contributed by atoms with van der Waals surface area (Å²) in [5.41, 5.74) is 5.62. The van der Waals surface area contributed by atoms with E-state index in [0.717, 1.165) is 32.4 Å². The smallest absolute Gasteiger partial charge is 0.223 e. The molecule has 1 unspecified atom stereocenters. The van der Waals surface area contributed by atoms with Gasteiger partial charge in [0, 0.05) is 17.3 Å². The lowest BCUT2D eigenvalue weighted by atomic mass is 9.96. The van der Waals surface area contributed by atoms with Crippen LogP contribution in [0.25, 0.3) is 0 Å². The van der Waals surface area contributed by atoms with Crippen molar-refractivity contribution in [2.75, 3.05) is 6.54 Å². The number of thiophene rings is 1. The van der Waals surface area contributed by atoms with Crippen LogP contribution in [0.5, 0.6) is 0 Å². The third kappa shape index (κ3) is 5.63. The number of hydrogen-bond donors (Lipinski definition) is 1. The lowest BCUT2D eigenvalue weighted by Gasteiger charge is -2.27. The van der Waals surface area contributed by atoms with Crippen LogP contribution in [0.15, 0.2) is 17.5 Å². The van der Waals surface area contributed by atoms with Crippen LogP contribution < -0.4 is 5.73 Å². The summed E-state index contributed by atoms with van der Waals surface area (Å²) in [6.07, 6.45) is 3.73. The lowest BCUT2D eigenvalue weighted by Crippen LogP contribution is -2.36. The topological polar surface area (TPSA) is 46.3 Å². The van der Waals surface area contributed by atoms with Crippen LogP contribution in [0.4, 0.5) is 0 Å². The second-order valence-electron chi connectivity index (χ2n) is 5.59. The third-order valence-electron chi connectivity index (χ3n) is 3.77. The highest BCUT2D eigenvalue weighted by atomic mass is 32.1. The van der Waals surface area contributed by atoms with Gasteiger partial charge >= 0.3 is 0 Å². The van der Waals surface area contributed by atoms with Gasteiger partial charge in [-0.3, -0.25) is 4.79 Å². The molecule has 0 saturated heterocycles. The normalized spacial score (nSPS) is 12.7. The fourth-order valence-corrected chi connectivity index (χ4v) is 3.09. The molecule has 4 heteroatoms. The Morgan fingerprint density at radius 1 is 1.40 bits per heavy atom. The first-order valence-corrected chi connectivity index (χ1v) is 8.48. The van der Waals surface area contributed by atoms with Gasteiger partial charge in [-0.05, 0) is 50.6 Å². The molecule has 0 aliphatic rings. The minimum absolute atomic E-state index is 0.249. The molecule has 0 spiro atoms. The van der Waals surface area contributed by atoms with E-state index in [1.165, 1.54) is 4.88 Å². The number of hydrogen-bond acceptors (Lipinski definition) is 3. The summed E-state index contributed by atoms with van der Waals surface area (Å²) in [6.45, 7) is 7.81. The molecule has 1 atom stereocenters. The maximum Gasteiger partial charge on any atom is 0.223 e. The molecule has 0 fully saturated rings. The number of carbonyl (C=O) groups excluding carboxylic acids is 1. The van der Waals surface area contributed by atoms with Crippen LogP contribution in [0.2, 0.25) is 0 Å².